The molecule has 28 heavy (non-hydrogen) atoms. The smallest absolute Gasteiger partial charge is 0.237 e. The second-order valence-corrected chi connectivity index (χ2v) is 7.53. The summed E-state index contributed by atoms with van der Waals surface area (Å²) < 4.78 is 12.9. The summed E-state index contributed by atoms with van der Waals surface area (Å²) in [6, 6.07) is 14.5. The number of fused-ring (bicyclic) bond motifs is 2. The first kappa shape index (κ1) is 17.1. The lowest BCUT2D eigenvalue weighted by atomic mass is 10.1. The summed E-state index contributed by atoms with van der Waals surface area (Å²) in [5.74, 6) is 1.71. The molecular weight excluding hydrogens is 354 g/mol. The van der Waals surface area contributed by atoms with Crippen LogP contribution < -0.4 is 9.47 Å². The highest BCUT2D eigenvalue weighted by atomic mass is 16.7. The van der Waals surface area contributed by atoms with E-state index in [-0.39, 0.29) is 12.7 Å². The molecule has 0 radical (unpaired) electrons. The lowest BCUT2D eigenvalue weighted by Gasteiger charge is -2.34. The van der Waals surface area contributed by atoms with Crippen molar-refractivity contribution in [3.63, 3.8) is 0 Å². The van der Waals surface area contributed by atoms with Gasteiger partial charge in [-0.1, -0.05) is 18.2 Å². The highest BCUT2D eigenvalue weighted by Crippen LogP contribution is 2.33. The molecule has 5 rings (SSSR count). The number of benzene rings is 2. The van der Waals surface area contributed by atoms with Crippen LogP contribution in [0.15, 0.2) is 48.7 Å². The van der Waals surface area contributed by atoms with Crippen molar-refractivity contribution in [2.24, 2.45) is 7.05 Å². The fourth-order valence-electron chi connectivity index (χ4n) is 3.98. The fourth-order valence-corrected chi connectivity index (χ4v) is 3.98. The van der Waals surface area contributed by atoms with E-state index >= 15 is 0 Å². The molecule has 1 aromatic heterocycles. The standard InChI is InChI=1S/C22H23N3O3/c1-23-7-6-18-4-2-16(10-19(18)23)12-24-8-9-25(22(26)14-24)13-17-3-5-20-21(11-17)28-15-27-20/h2-7,10-11H,8-9,12-15H2,1H3. The Labute approximate surface area is 163 Å². The number of piperazine rings is 1. The number of carbonyl (C=O) groups excluding carboxylic acids is 1. The quantitative estimate of drug-likeness (QED) is 0.702. The first-order valence-electron chi connectivity index (χ1n) is 9.58. The molecule has 1 amide bonds. The summed E-state index contributed by atoms with van der Waals surface area (Å²) in [6.07, 6.45) is 2.08. The van der Waals surface area contributed by atoms with E-state index in [1.165, 1.54) is 16.5 Å². The van der Waals surface area contributed by atoms with Crippen LogP contribution in [0.2, 0.25) is 0 Å². The van der Waals surface area contributed by atoms with Crippen LogP contribution in [0, 0.1) is 0 Å². The number of carbonyl (C=O) groups is 1. The summed E-state index contributed by atoms with van der Waals surface area (Å²) >= 11 is 0. The topological polar surface area (TPSA) is 46.9 Å². The molecule has 2 aliphatic heterocycles. The largest absolute Gasteiger partial charge is 0.454 e. The van der Waals surface area contributed by atoms with E-state index in [0.29, 0.717) is 13.1 Å². The number of aromatic nitrogens is 1. The maximum absolute atomic E-state index is 12.7. The molecule has 0 N–H and O–H groups in total. The van der Waals surface area contributed by atoms with Gasteiger partial charge in [-0.2, -0.15) is 0 Å². The van der Waals surface area contributed by atoms with E-state index in [1.807, 2.05) is 23.1 Å². The SMILES string of the molecule is Cn1ccc2ccc(CN3CCN(Cc4ccc5c(c4)OCO5)C(=O)C3)cc21. The van der Waals surface area contributed by atoms with Gasteiger partial charge < -0.3 is 18.9 Å². The number of hydrogen-bond acceptors (Lipinski definition) is 4. The third-order valence-corrected chi connectivity index (χ3v) is 5.57. The molecule has 6 nitrogen and oxygen atoms in total. The molecule has 0 spiro atoms. The Bertz CT molecular complexity index is 1040. The Morgan fingerprint density at radius 2 is 1.75 bits per heavy atom. The third-order valence-electron chi connectivity index (χ3n) is 5.57. The van der Waals surface area contributed by atoms with E-state index < -0.39 is 0 Å². The number of aryl methyl sites for hydroxylation is 1. The van der Waals surface area contributed by atoms with Crippen LogP contribution in [0.5, 0.6) is 11.5 Å². The molecule has 3 aromatic rings. The van der Waals surface area contributed by atoms with Gasteiger partial charge in [-0.05, 0) is 40.8 Å². The first-order valence-corrected chi connectivity index (χ1v) is 9.58. The molecule has 0 saturated carbocycles. The van der Waals surface area contributed by atoms with E-state index in [9.17, 15) is 4.79 Å². The van der Waals surface area contributed by atoms with E-state index in [2.05, 4.69) is 47.0 Å². The number of ether oxygens (including phenoxy) is 2. The monoisotopic (exact) mass is 377 g/mol. The van der Waals surface area contributed by atoms with Gasteiger partial charge in [0.25, 0.3) is 0 Å². The predicted octanol–water partition coefficient (Wildman–Crippen LogP) is 2.75. The summed E-state index contributed by atoms with van der Waals surface area (Å²) in [7, 11) is 2.06. The van der Waals surface area contributed by atoms with E-state index in [0.717, 1.165) is 36.7 Å². The summed E-state index contributed by atoms with van der Waals surface area (Å²) in [6.45, 7) is 3.74. The van der Waals surface area contributed by atoms with Gasteiger partial charge in [0.2, 0.25) is 12.7 Å². The maximum atomic E-state index is 12.7. The summed E-state index contributed by atoms with van der Waals surface area (Å²) in [4.78, 5) is 16.8. The lowest BCUT2D eigenvalue weighted by Crippen LogP contribution is -2.49. The molecule has 1 saturated heterocycles. The zero-order valence-electron chi connectivity index (χ0n) is 15.9. The molecule has 1 fully saturated rings. The second kappa shape index (κ2) is 6.87. The Morgan fingerprint density at radius 1 is 0.929 bits per heavy atom. The minimum Gasteiger partial charge on any atom is -0.454 e. The van der Waals surface area contributed by atoms with Gasteiger partial charge in [0, 0.05) is 44.9 Å². The van der Waals surface area contributed by atoms with Crippen molar-refractivity contribution in [2.45, 2.75) is 13.1 Å². The Balaban J connectivity index is 1.22. The average Bonchev–Trinajstić information content (AvgIpc) is 3.30. The molecule has 6 heteroatoms. The maximum Gasteiger partial charge on any atom is 0.237 e. The van der Waals surface area contributed by atoms with Crippen LogP contribution in [0.4, 0.5) is 0 Å². The number of amides is 1. The molecule has 0 unspecified atom stereocenters. The van der Waals surface area contributed by atoms with Crippen molar-refractivity contribution in [1.82, 2.24) is 14.4 Å². The third kappa shape index (κ3) is 3.20. The van der Waals surface area contributed by atoms with Gasteiger partial charge in [-0.3, -0.25) is 9.69 Å². The van der Waals surface area contributed by atoms with Gasteiger partial charge in [-0.25, -0.2) is 0 Å². The van der Waals surface area contributed by atoms with Gasteiger partial charge in [0.15, 0.2) is 11.5 Å². The zero-order valence-corrected chi connectivity index (χ0v) is 15.9. The van der Waals surface area contributed by atoms with Crippen LogP contribution >= 0.6 is 0 Å². The highest BCUT2D eigenvalue weighted by Gasteiger charge is 2.24. The van der Waals surface area contributed by atoms with Crippen molar-refractivity contribution in [2.75, 3.05) is 26.4 Å². The van der Waals surface area contributed by atoms with Crippen LogP contribution in [0.25, 0.3) is 10.9 Å². The van der Waals surface area contributed by atoms with Gasteiger partial charge in [0.05, 0.1) is 6.54 Å². The van der Waals surface area contributed by atoms with Gasteiger partial charge in [-0.15, -0.1) is 0 Å². The van der Waals surface area contributed by atoms with Gasteiger partial charge in [0.1, 0.15) is 0 Å². The number of hydrogen-bond donors (Lipinski definition) is 0. The normalized spacial score (nSPS) is 16.9. The number of rotatable bonds is 4. The van der Waals surface area contributed by atoms with E-state index in [4.69, 9.17) is 9.47 Å². The minimum absolute atomic E-state index is 0.170. The summed E-state index contributed by atoms with van der Waals surface area (Å²) in [5, 5.41) is 1.25. The zero-order chi connectivity index (χ0) is 19.1. The summed E-state index contributed by atoms with van der Waals surface area (Å²) in [5.41, 5.74) is 3.54. The molecule has 0 bridgehead atoms. The molecule has 2 aliphatic rings. The molecule has 2 aromatic carbocycles. The second-order valence-electron chi connectivity index (χ2n) is 7.53. The Morgan fingerprint density at radius 3 is 2.64 bits per heavy atom. The number of nitrogens with zero attached hydrogens (tertiary/aromatic N) is 3. The average molecular weight is 377 g/mol. The lowest BCUT2D eigenvalue weighted by molar-refractivity contribution is -0.136. The van der Waals surface area contributed by atoms with Crippen molar-refractivity contribution in [1.29, 1.82) is 0 Å². The van der Waals surface area contributed by atoms with Crippen molar-refractivity contribution in [3.05, 3.63) is 59.8 Å². The van der Waals surface area contributed by atoms with Crippen LogP contribution in [-0.4, -0.2) is 46.7 Å². The molecule has 0 aliphatic carbocycles. The highest BCUT2D eigenvalue weighted by molar-refractivity contribution is 5.81. The van der Waals surface area contributed by atoms with Gasteiger partial charge >= 0.3 is 0 Å². The van der Waals surface area contributed by atoms with Crippen molar-refractivity contribution >= 4 is 16.8 Å². The van der Waals surface area contributed by atoms with Crippen molar-refractivity contribution in [3.8, 4) is 11.5 Å². The molecule has 144 valence electrons. The molecule has 3 heterocycles. The predicted molar refractivity (Wildman–Crippen MR) is 106 cm³/mol. The van der Waals surface area contributed by atoms with Crippen LogP contribution in [0.1, 0.15) is 11.1 Å². The van der Waals surface area contributed by atoms with Crippen molar-refractivity contribution < 1.29 is 14.3 Å². The fraction of sp³-hybridized carbons (Fsp3) is 0.318. The first-order chi connectivity index (χ1) is 13.7. The molecule has 0 atom stereocenters. The molecular formula is C22H23N3O3. The van der Waals surface area contributed by atoms with Crippen LogP contribution in [0.3, 0.4) is 0 Å². The Hall–Kier alpha value is -2.99. The minimum atomic E-state index is 0.170. The van der Waals surface area contributed by atoms with E-state index in [1.54, 1.807) is 0 Å². The van der Waals surface area contributed by atoms with Crippen LogP contribution in [-0.2, 0) is 24.9 Å². The Kier molecular flexibility index (Phi) is 4.20.